The van der Waals surface area contributed by atoms with Crippen LogP contribution in [0.1, 0.15) is 50.7 Å². The number of halogens is 1. The summed E-state index contributed by atoms with van der Waals surface area (Å²) < 4.78 is 31.2. The molecule has 2 aliphatic heterocycles. The minimum Gasteiger partial charge on any atom is -0.497 e. The van der Waals surface area contributed by atoms with Crippen LogP contribution in [0.4, 0.5) is 0 Å². The van der Waals surface area contributed by atoms with Crippen LogP contribution in [0.5, 0.6) is 5.75 Å². The van der Waals surface area contributed by atoms with E-state index in [1.54, 1.807) is 7.11 Å². The van der Waals surface area contributed by atoms with Gasteiger partial charge in [-0.25, -0.2) is 0 Å². The van der Waals surface area contributed by atoms with Gasteiger partial charge in [0.25, 0.3) is 0 Å². The molecule has 2 aliphatic rings. The molecule has 2 fully saturated rings. The van der Waals surface area contributed by atoms with Gasteiger partial charge in [-0.3, -0.25) is 0 Å². The Hall–Kier alpha value is -1.19. The zero-order valence-corrected chi connectivity index (χ0v) is 23.3. The Labute approximate surface area is 224 Å². The second kappa shape index (κ2) is 12.9. The van der Waals surface area contributed by atoms with Gasteiger partial charge in [0.1, 0.15) is 5.75 Å². The number of hydrogen-bond acceptors (Lipinski definition) is 5. The highest BCUT2D eigenvalue weighted by Gasteiger charge is 2.51. The average molecular weight is 595 g/mol. The smallest absolute Gasteiger partial charge is 0.180 e. The predicted molar refractivity (Wildman–Crippen MR) is 146 cm³/mol. The summed E-state index contributed by atoms with van der Waals surface area (Å²) in [5, 5.41) is 0. The fraction of sp³-hybridized carbons (Fsp3) is 0.586. The maximum absolute atomic E-state index is 6.78. The van der Waals surface area contributed by atoms with Crippen LogP contribution in [0.3, 0.4) is 0 Å². The van der Waals surface area contributed by atoms with E-state index in [1.807, 2.05) is 42.5 Å². The largest absolute Gasteiger partial charge is 0.497 e. The molecular weight excluding hydrogens is 555 g/mol. The monoisotopic (exact) mass is 594 g/mol. The molecule has 0 radical (unpaired) electrons. The molecule has 6 unspecified atom stereocenters. The molecule has 35 heavy (non-hydrogen) atoms. The van der Waals surface area contributed by atoms with Gasteiger partial charge in [0.2, 0.25) is 0 Å². The summed E-state index contributed by atoms with van der Waals surface area (Å²) in [4.78, 5) is 0. The number of ether oxygens (including phenoxy) is 5. The van der Waals surface area contributed by atoms with Gasteiger partial charge in [0.05, 0.1) is 43.1 Å². The minimum absolute atomic E-state index is 0.0302. The predicted octanol–water partition coefficient (Wildman–Crippen LogP) is 6.56. The molecular formula is C29H39IO5. The standard InChI is InChI=1S/C29H39IO5/c1-21-13-15-29(35-27(21)20-33-19-24-9-11-25(31-3)12-10-24)28(30)17-22(2)26(34-29)14-16-32-18-23-7-5-4-6-8-23/h4-12,21-22,26-28H,13-20H2,1-3H3. The Morgan fingerprint density at radius 3 is 2.31 bits per heavy atom. The van der Waals surface area contributed by atoms with Gasteiger partial charge < -0.3 is 23.7 Å². The number of benzene rings is 2. The number of methoxy groups -OCH3 is 1. The molecule has 0 N–H and O–H groups in total. The molecule has 6 atom stereocenters. The lowest BCUT2D eigenvalue weighted by atomic mass is 9.84. The van der Waals surface area contributed by atoms with Gasteiger partial charge in [0.15, 0.2) is 5.79 Å². The molecule has 192 valence electrons. The zero-order valence-electron chi connectivity index (χ0n) is 21.2. The van der Waals surface area contributed by atoms with E-state index in [2.05, 4.69) is 48.6 Å². The maximum atomic E-state index is 6.78. The second-order valence-corrected chi connectivity index (χ2v) is 11.5. The van der Waals surface area contributed by atoms with Crippen LogP contribution >= 0.6 is 22.6 Å². The molecule has 0 bridgehead atoms. The van der Waals surface area contributed by atoms with Crippen LogP contribution in [-0.2, 0) is 32.2 Å². The Balaban J connectivity index is 1.29. The van der Waals surface area contributed by atoms with E-state index in [-0.39, 0.29) is 12.2 Å². The second-order valence-electron chi connectivity index (χ2n) is 10.0. The SMILES string of the molecule is COc1ccc(COCC2OC3(CCC2C)OC(CCOCc2ccccc2)C(C)CC3I)cc1. The van der Waals surface area contributed by atoms with Crippen LogP contribution < -0.4 is 4.74 Å². The topological polar surface area (TPSA) is 46.2 Å². The summed E-state index contributed by atoms with van der Waals surface area (Å²) in [6, 6.07) is 18.4. The molecule has 6 heteroatoms. The van der Waals surface area contributed by atoms with Crippen molar-refractivity contribution in [1.29, 1.82) is 0 Å². The molecule has 5 nitrogen and oxygen atoms in total. The summed E-state index contributed by atoms with van der Waals surface area (Å²) in [5.74, 6) is 1.25. The van der Waals surface area contributed by atoms with Crippen molar-refractivity contribution in [2.75, 3.05) is 20.3 Å². The molecule has 0 saturated carbocycles. The highest BCUT2D eigenvalue weighted by molar-refractivity contribution is 14.1. The van der Waals surface area contributed by atoms with Gasteiger partial charge >= 0.3 is 0 Å². The fourth-order valence-electron chi connectivity index (χ4n) is 4.99. The van der Waals surface area contributed by atoms with Crippen LogP contribution in [0.15, 0.2) is 54.6 Å². The lowest BCUT2D eigenvalue weighted by Crippen LogP contribution is -2.58. The van der Waals surface area contributed by atoms with E-state index < -0.39 is 5.79 Å². The number of alkyl halides is 1. The Morgan fingerprint density at radius 1 is 0.886 bits per heavy atom. The van der Waals surface area contributed by atoms with Crippen molar-refractivity contribution in [2.24, 2.45) is 11.8 Å². The molecule has 2 heterocycles. The van der Waals surface area contributed by atoms with E-state index in [9.17, 15) is 0 Å². The van der Waals surface area contributed by atoms with E-state index in [4.69, 9.17) is 23.7 Å². The molecule has 1 spiro atoms. The lowest BCUT2D eigenvalue weighted by Gasteiger charge is -2.52. The van der Waals surface area contributed by atoms with Crippen molar-refractivity contribution in [3.63, 3.8) is 0 Å². The third kappa shape index (κ3) is 7.19. The van der Waals surface area contributed by atoms with Crippen LogP contribution in [0.25, 0.3) is 0 Å². The maximum Gasteiger partial charge on any atom is 0.180 e. The van der Waals surface area contributed by atoms with Crippen molar-refractivity contribution in [3.05, 3.63) is 65.7 Å². The third-order valence-electron chi connectivity index (χ3n) is 7.34. The Bertz CT molecular complexity index is 892. The first-order chi connectivity index (χ1) is 17.0. The summed E-state index contributed by atoms with van der Waals surface area (Å²) in [5.41, 5.74) is 2.34. The lowest BCUT2D eigenvalue weighted by molar-refractivity contribution is -0.330. The van der Waals surface area contributed by atoms with Gasteiger partial charge in [-0.05, 0) is 54.4 Å². The zero-order chi connectivity index (χ0) is 24.7. The highest BCUT2D eigenvalue weighted by Crippen LogP contribution is 2.46. The Morgan fingerprint density at radius 2 is 1.57 bits per heavy atom. The van der Waals surface area contributed by atoms with E-state index in [1.165, 1.54) is 5.56 Å². The van der Waals surface area contributed by atoms with E-state index in [0.717, 1.165) is 37.0 Å². The molecule has 2 saturated heterocycles. The average Bonchev–Trinajstić information content (AvgIpc) is 2.88. The van der Waals surface area contributed by atoms with Crippen molar-refractivity contribution < 1.29 is 23.7 Å². The van der Waals surface area contributed by atoms with Gasteiger partial charge in [0, 0.05) is 13.0 Å². The normalized spacial score (nSPS) is 30.9. The van der Waals surface area contributed by atoms with Crippen molar-refractivity contribution in [2.45, 2.75) is 74.7 Å². The van der Waals surface area contributed by atoms with E-state index >= 15 is 0 Å². The number of hydrogen-bond donors (Lipinski definition) is 0. The van der Waals surface area contributed by atoms with E-state index in [0.29, 0.717) is 42.2 Å². The van der Waals surface area contributed by atoms with Crippen LogP contribution in [0, 0.1) is 11.8 Å². The van der Waals surface area contributed by atoms with Crippen LogP contribution in [0.2, 0.25) is 0 Å². The number of rotatable bonds is 10. The first-order valence-electron chi connectivity index (χ1n) is 12.8. The quantitative estimate of drug-likeness (QED) is 0.177. The Kier molecular flexibility index (Phi) is 9.87. The molecule has 0 aromatic heterocycles. The summed E-state index contributed by atoms with van der Waals surface area (Å²) in [6.45, 7) is 7.02. The highest BCUT2D eigenvalue weighted by atomic mass is 127. The fourth-order valence-corrected chi connectivity index (χ4v) is 6.39. The summed E-state index contributed by atoms with van der Waals surface area (Å²) >= 11 is 2.54. The molecule has 0 amide bonds. The molecule has 2 aromatic carbocycles. The van der Waals surface area contributed by atoms with Crippen molar-refractivity contribution in [3.8, 4) is 5.75 Å². The molecule has 4 rings (SSSR count). The minimum atomic E-state index is -0.530. The van der Waals surface area contributed by atoms with Crippen molar-refractivity contribution in [1.82, 2.24) is 0 Å². The summed E-state index contributed by atoms with van der Waals surface area (Å²) in [6.07, 6.45) is 4.18. The van der Waals surface area contributed by atoms with Gasteiger partial charge in [-0.1, -0.05) is 78.9 Å². The molecule has 2 aromatic rings. The summed E-state index contributed by atoms with van der Waals surface area (Å²) in [7, 11) is 1.68. The van der Waals surface area contributed by atoms with Gasteiger partial charge in [-0.15, -0.1) is 0 Å². The van der Waals surface area contributed by atoms with Crippen LogP contribution in [-0.4, -0.2) is 42.2 Å². The molecule has 0 aliphatic carbocycles. The third-order valence-corrected chi connectivity index (χ3v) is 8.80. The van der Waals surface area contributed by atoms with Gasteiger partial charge in [-0.2, -0.15) is 0 Å². The first-order valence-corrected chi connectivity index (χ1v) is 14.1. The first kappa shape index (κ1) is 26.9. The van der Waals surface area contributed by atoms with Crippen molar-refractivity contribution >= 4 is 22.6 Å².